The predicted molar refractivity (Wildman–Crippen MR) is 106 cm³/mol. The van der Waals surface area contributed by atoms with Gasteiger partial charge in [0.05, 0.1) is 22.8 Å². The van der Waals surface area contributed by atoms with Crippen molar-refractivity contribution in [2.75, 3.05) is 11.9 Å². The molecule has 1 aliphatic rings. The minimum absolute atomic E-state index is 0.00748. The van der Waals surface area contributed by atoms with Gasteiger partial charge in [-0.2, -0.15) is 4.68 Å². The third kappa shape index (κ3) is 3.17. The highest BCUT2D eigenvalue weighted by molar-refractivity contribution is 5.94. The summed E-state index contributed by atoms with van der Waals surface area (Å²) in [5, 5.41) is 23.4. The van der Waals surface area contributed by atoms with Gasteiger partial charge in [-0.1, -0.05) is 0 Å². The van der Waals surface area contributed by atoms with Crippen LogP contribution in [0.4, 0.5) is 22.1 Å². The number of ether oxygens (including phenoxy) is 1. The maximum atomic E-state index is 12.4. The molecule has 2 aromatic heterocycles. The van der Waals surface area contributed by atoms with Gasteiger partial charge in [-0.15, -0.1) is 5.10 Å². The van der Waals surface area contributed by atoms with E-state index in [1.807, 2.05) is 13.8 Å². The largest absolute Gasteiger partial charge is 0.448 e. The zero-order valence-corrected chi connectivity index (χ0v) is 16.2. The quantitative estimate of drug-likeness (QED) is 0.508. The Kier molecular flexibility index (Phi) is 4.42. The number of aromatic nitrogens is 3. The summed E-state index contributed by atoms with van der Waals surface area (Å²) in [6.07, 6.45) is 1.02. The van der Waals surface area contributed by atoms with Crippen LogP contribution in [0.2, 0.25) is 0 Å². The van der Waals surface area contributed by atoms with E-state index in [-0.39, 0.29) is 12.3 Å². The summed E-state index contributed by atoms with van der Waals surface area (Å²) in [5.41, 5.74) is 1.13. The van der Waals surface area contributed by atoms with Crippen molar-refractivity contribution >= 4 is 34.2 Å². The van der Waals surface area contributed by atoms with Crippen LogP contribution in [0, 0.1) is 10.1 Å². The fourth-order valence-corrected chi connectivity index (χ4v) is 3.56. The fourth-order valence-electron chi connectivity index (χ4n) is 3.56. The first-order valence-electron chi connectivity index (χ1n) is 9.16. The molecule has 1 aromatic carbocycles. The number of rotatable bonds is 4. The van der Waals surface area contributed by atoms with E-state index in [2.05, 4.69) is 20.7 Å². The number of hydrogen-bond acceptors (Lipinski definition) is 8. The van der Waals surface area contributed by atoms with Crippen LogP contribution in [0.5, 0.6) is 0 Å². The Morgan fingerprint density at radius 1 is 1.38 bits per heavy atom. The lowest BCUT2D eigenvalue weighted by molar-refractivity contribution is -0.384. The molecule has 0 atom stereocenters. The highest BCUT2D eigenvalue weighted by atomic mass is 16.6. The topological polar surface area (TPSA) is 124 Å². The van der Waals surface area contributed by atoms with Crippen LogP contribution < -0.4 is 10.6 Å². The summed E-state index contributed by atoms with van der Waals surface area (Å²) >= 11 is 0. The summed E-state index contributed by atoms with van der Waals surface area (Å²) in [7, 11) is 0. The van der Waals surface area contributed by atoms with Gasteiger partial charge < -0.3 is 15.4 Å². The Balaban J connectivity index is 1.79. The van der Waals surface area contributed by atoms with Crippen molar-refractivity contribution < 1.29 is 14.5 Å². The lowest BCUT2D eigenvalue weighted by atomic mass is 10.0. The molecular formula is C19H20N6O4. The number of carbonyl (C=O) groups is 1. The summed E-state index contributed by atoms with van der Waals surface area (Å²) in [6, 6.07) is 6.28. The minimum atomic E-state index is -0.546. The average molecular weight is 396 g/mol. The smallest absolute Gasteiger partial charge is 0.435 e. The van der Waals surface area contributed by atoms with Crippen LogP contribution in [0.1, 0.15) is 32.0 Å². The molecule has 0 spiro atoms. The van der Waals surface area contributed by atoms with Gasteiger partial charge in [-0.25, -0.2) is 9.78 Å². The number of pyridine rings is 1. The van der Waals surface area contributed by atoms with Crippen LogP contribution in [0.25, 0.3) is 10.8 Å². The summed E-state index contributed by atoms with van der Waals surface area (Å²) in [5.74, 6) is 0.989. The molecule has 10 heteroatoms. The third-order valence-corrected chi connectivity index (χ3v) is 4.92. The Labute approximate surface area is 166 Å². The number of hydrogen-bond donors (Lipinski definition) is 2. The Bertz CT molecular complexity index is 1140. The van der Waals surface area contributed by atoms with Gasteiger partial charge in [0.2, 0.25) is 0 Å². The zero-order valence-electron chi connectivity index (χ0n) is 16.2. The van der Waals surface area contributed by atoms with E-state index in [0.29, 0.717) is 29.0 Å². The van der Waals surface area contributed by atoms with Crippen LogP contribution in [0.15, 0.2) is 30.5 Å². The first kappa shape index (κ1) is 18.8. The third-order valence-electron chi connectivity index (χ3n) is 4.92. The van der Waals surface area contributed by atoms with E-state index in [4.69, 9.17) is 4.74 Å². The Morgan fingerprint density at radius 2 is 2.17 bits per heavy atom. The number of nitro benzene ring substituents is 1. The van der Waals surface area contributed by atoms with Crippen molar-refractivity contribution in [1.82, 2.24) is 20.1 Å². The van der Waals surface area contributed by atoms with E-state index in [9.17, 15) is 14.9 Å². The van der Waals surface area contributed by atoms with Crippen molar-refractivity contribution in [2.24, 2.45) is 0 Å². The minimum Gasteiger partial charge on any atom is -0.448 e. The van der Waals surface area contributed by atoms with Gasteiger partial charge in [0.25, 0.3) is 5.69 Å². The molecule has 0 aliphatic carbocycles. The van der Waals surface area contributed by atoms with E-state index in [1.54, 1.807) is 25.3 Å². The molecular weight excluding hydrogens is 376 g/mol. The van der Waals surface area contributed by atoms with E-state index < -0.39 is 16.6 Å². The molecule has 0 unspecified atom stereocenters. The van der Waals surface area contributed by atoms with Crippen molar-refractivity contribution in [3.8, 4) is 0 Å². The van der Waals surface area contributed by atoms with Crippen molar-refractivity contribution in [3.63, 3.8) is 0 Å². The molecule has 1 aliphatic heterocycles. The summed E-state index contributed by atoms with van der Waals surface area (Å²) < 4.78 is 6.42. The second kappa shape index (κ2) is 6.82. The van der Waals surface area contributed by atoms with E-state index in [0.717, 1.165) is 11.3 Å². The predicted octanol–water partition coefficient (Wildman–Crippen LogP) is 3.43. The number of nitrogens with one attached hydrogen (secondary N) is 2. The molecule has 3 heterocycles. The maximum absolute atomic E-state index is 12.4. The highest BCUT2D eigenvalue weighted by Crippen LogP contribution is 2.37. The zero-order chi connectivity index (χ0) is 20.8. The van der Waals surface area contributed by atoms with Gasteiger partial charge in [0, 0.05) is 35.8 Å². The highest BCUT2D eigenvalue weighted by Gasteiger charge is 2.38. The molecule has 0 bridgehead atoms. The Morgan fingerprint density at radius 3 is 2.90 bits per heavy atom. The van der Waals surface area contributed by atoms with E-state index >= 15 is 0 Å². The first-order chi connectivity index (χ1) is 13.8. The summed E-state index contributed by atoms with van der Waals surface area (Å²) in [6.45, 7) is 6.45. The van der Waals surface area contributed by atoms with Gasteiger partial charge in [0.1, 0.15) is 5.82 Å². The fraction of sp³-hybridized carbons (Fsp3) is 0.316. The second-order valence-electron chi connectivity index (χ2n) is 7.21. The van der Waals surface area contributed by atoms with Crippen LogP contribution in [-0.4, -0.2) is 32.4 Å². The molecule has 0 saturated carbocycles. The second-order valence-corrected chi connectivity index (χ2v) is 7.21. The Hall–Kier alpha value is -3.53. The average Bonchev–Trinajstić information content (AvgIpc) is 3.20. The van der Waals surface area contributed by atoms with Crippen molar-refractivity contribution in [2.45, 2.75) is 32.9 Å². The van der Waals surface area contributed by atoms with Crippen molar-refractivity contribution in [1.29, 1.82) is 0 Å². The number of benzene rings is 1. The molecule has 2 N–H and O–H groups in total. The standard InChI is InChI=1S/C19H20N6O4/c1-4-29-18(26)24-15-14(10-21-19(15,2)3)17(23-24)22-16-13-6-5-12(25(27)28)9-11(13)7-8-20-16/h5-9,21H,4,10H2,1-3H3,(H,20,22,23). The lowest BCUT2D eigenvalue weighted by Gasteiger charge is -2.20. The number of nitro groups is 1. The van der Waals surface area contributed by atoms with Gasteiger partial charge >= 0.3 is 6.09 Å². The molecule has 3 aromatic rings. The monoisotopic (exact) mass is 396 g/mol. The van der Waals surface area contributed by atoms with Crippen molar-refractivity contribution in [3.05, 3.63) is 51.8 Å². The first-order valence-corrected chi connectivity index (χ1v) is 9.16. The molecule has 29 heavy (non-hydrogen) atoms. The molecule has 150 valence electrons. The lowest BCUT2D eigenvalue weighted by Crippen LogP contribution is -2.34. The summed E-state index contributed by atoms with van der Waals surface area (Å²) in [4.78, 5) is 27.4. The number of anilines is 2. The molecule has 10 nitrogen and oxygen atoms in total. The van der Waals surface area contributed by atoms with Crippen LogP contribution in [-0.2, 0) is 16.8 Å². The number of carbonyl (C=O) groups excluding carboxylic acids is 1. The maximum Gasteiger partial charge on any atom is 0.435 e. The number of non-ortho nitro benzene ring substituents is 1. The van der Waals surface area contributed by atoms with Gasteiger partial charge in [-0.3, -0.25) is 10.1 Å². The number of nitrogens with zero attached hydrogens (tertiary/aromatic N) is 4. The molecule has 0 radical (unpaired) electrons. The normalized spacial score (nSPS) is 14.6. The molecule has 0 fully saturated rings. The van der Waals surface area contributed by atoms with Crippen LogP contribution >= 0.6 is 0 Å². The molecule has 4 rings (SSSR count). The molecule has 0 saturated heterocycles. The van der Waals surface area contributed by atoms with Gasteiger partial charge in [0.15, 0.2) is 5.82 Å². The molecule has 0 amide bonds. The van der Waals surface area contributed by atoms with E-state index in [1.165, 1.54) is 16.8 Å². The van der Waals surface area contributed by atoms with Gasteiger partial charge in [-0.05, 0) is 38.3 Å². The SMILES string of the molecule is CCOC(=O)n1nc(Nc2nccc3cc([N+](=O)[O-])ccc23)c2c1C(C)(C)NC2. The van der Waals surface area contributed by atoms with Crippen LogP contribution in [0.3, 0.4) is 0 Å². The number of fused-ring (bicyclic) bond motifs is 2.